The molecule has 1 saturated heterocycles. The third-order valence-corrected chi connectivity index (χ3v) is 5.96. The summed E-state index contributed by atoms with van der Waals surface area (Å²) < 4.78 is 26.4. The lowest BCUT2D eigenvalue weighted by Gasteiger charge is -2.38. The van der Waals surface area contributed by atoms with Gasteiger partial charge in [-0.3, -0.25) is 0 Å². The molecule has 1 aliphatic heterocycles. The fourth-order valence-corrected chi connectivity index (χ4v) is 4.00. The van der Waals surface area contributed by atoms with Crippen LogP contribution in [0.25, 0.3) is 0 Å². The van der Waals surface area contributed by atoms with Crippen LogP contribution < -0.4 is 0 Å². The molecule has 1 fully saturated rings. The van der Waals surface area contributed by atoms with Gasteiger partial charge >= 0.3 is 0 Å². The molecular formula is C13H20ClN3O2S. The molecule has 0 aromatic carbocycles. The van der Waals surface area contributed by atoms with E-state index in [2.05, 4.69) is 30.7 Å². The second-order valence-corrected chi connectivity index (χ2v) is 8.51. The Morgan fingerprint density at radius 3 is 2.15 bits per heavy atom. The molecule has 0 atom stereocenters. The van der Waals surface area contributed by atoms with Crippen molar-refractivity contribution in [1.29, 1.82) is 0 Å². The summed E-state index contributed by atoms with van der Waals surface area (Å²) in [5, 5.41) is 0.0513. The molecule has 0 spiro atoms. The van der Waals surface area contributed by atoms with Gasteiger partial charge in [-0.1, -0.05) is 20.8 Å². The molecular weight excluding hydrogens is 298 g/mol. The molecule has 112 valence electrons. The van der Waals surface area contributed by atoms with Crippen molar-refractivity contribution >= 4 is 21.6 Å². The molecule has 0 N–H and O–H groups in total. The lowest BCUT2D eigenvalue weighted by Crippen LogP contribution is -2.41. The molecule has 0 unspecified atom stereocenters. The number of hydrogen-bond donors (Lipinski definition) is 0. The van der Waals surface area contributed by atoms with E-state index in [1.165, 1.54) is 16.7 Å². The predicted molar refractivity (Wildman–Crippen MR) is 78.0 cm³/mol. The molecule has 1 aliphatic rings. The molecule has 2 heterocycles. The number of sulfonamides is 1. The van der Waals surface area contributed by atoms with Crippen LogP contribution in [0.4, 0.5) is 0 Å². The van der Waals surface area contributed by atoms with Gasteiger partial charge in [-0.05, 0) is 35.8 Å². The highest BCUT2D eigenvalue weighted by Crippen LogP contribution is 2.35. The van der Waals surface area contributed by atoms with E-state index in [1.54, 1.807) is 0 Å². The third kappa shape index (κ3) is 3.30. The zero-order valence-corrected chi connectivity index (χ0v) is 13.6. The smallest absolute Gasteiger partial charge is 0.225 e. The second kappa shape index (κ2) is 5.58. The fourth-order valence-electron chi connectivity index (χ4n) is 2.54. The molecule has 0 bridgehead atoms. The quantitative estimate of drug-likeness (QED) is 0.786. The average molecular weight is 318 g/mol. The van der Waals surface area contributed by atoms with E-state index < -0.39 is 10.0 Å². The number of nitrogens with zero attached hydrogens (tertiary/aromatic N) is 3. The van der Waals surface area contributed by atoms with Gasteiger partial charge in [-0.15, -0.1) is 0 Å². The molecule has 5 nitrogen and oxygen atoms in total. The fraction of sp³-hybridized carbons (Fsp3) is 0.692. The van der Waals surface area contributed by atoms with Crippen molar-refractivity contribution in [2.45, 2.75) is 38.5 Å². The maximum Gasteiger partial charge on any atom is 0.246 e. The van der Waals surface area contributed by atoms with Gasteiger partial charge in [0.05, 0.1) is 12.4 Å². The van der Waals surface area contributed by atoms with Crippen LogP contribution in [0.2, 0.25) is 5.28 Å². The van der Waals surface area contributed by atoms with E-state index in [9.17, 15) is 8.42 Å². The van der Waals surface area contributed by atoms with Crippen molar-refractivity contribution in [2.75, 3.05) is 13.1 Å². The van der Waals surface area contributed by atoms with Crippen LogP contribution in [0.3, 0.4) is 0 Å². The summed E-state index contributed by atoms with van der Waals surface area (Å²) in [4.78, 5) is 7.59. The van der Waals surface area contributed by atoms with E-state index in [-0.39, 0.29) is 15.6 Å². The first-order chi connectivity index (χ1) is 9.21. The van der Waals surface area contributed by atoms with E-state index in [1.807, 2.05) is 0 Å². The lowest BCUT2D eigenvalue weighted by molar-refractivity contribution is 0.154. The van der Waals surface area contributed by atoms with Crippen molar-refractivity contribution < 1.29 is 8.42 Å². The Labute approximate surface area is 125 Å². The van der Waals surface area contributed by atoms with Gasteiger partial charge in [0.1, 0.15) is 4.90 Å². The predicted octanol–water partition coefficient (Wildman–Crippen LogP) is 2.58. The second-order valence-electron chi connectivity index (χ2n) is 6.23. The highest BCUT2D eigenvalue weighted by atomic mass is 35.5. The van der Waals surface area contributed by atoms with Crippen LogP contribution in [0, 0.1) is 11.3 Å². The third-order valence-electron chi connectivity index (χ3n) is 3.91. The van der Waals surface area contributed by atoms with Gasteiger partial charge in [-0.25, -0.2) is 18.4 Å². The molecule has 0 saturated carbocycles. The lowest BCUT2D eigenvalue weighted by atomic mass is 9.76. The van der Waals surface area contributed by atoms with Crippen LogP contribution in [0.15, 0.2) is 17.3 Å². The molecule has 0 radical (unpaired) electrons. The van der Waals surface area contributed by atoms with Crippen molar-refractivity contribution in [1.82, 2.24) is 14.3 Å². The Morgan fingerprint density at radius 2 is 1.70 bits per heavy atom. The zero-order valence-electron chi connectivity index (χ0n) is 12.0. The van der Waals surface area contributed by atoms with Gasteiger partial charge in [0.25, 0.3) is 0 Å². The zero-order chi connectivity index (χ0) is 15.0. The van der Waals surface area contributed by atoms with Gasteiger partial charge in [0.2, 0.25) is 15.3 Å². The normalized spacial score (nSPS) is 19.2. The number of hydrogen-bond acceptors (Lipinski definition) is 4. The Balaban J connectivity index is 2.11. The number of piperidine rings is 1. The van der Waals surface area contributed by atoms with E-state index in [0.717, 1.165) is 12.8 Å². The van der Waals surface area contributed by atoms with Crippen LogP contribution >= 0.6 is 11.6 Å². The maximum absolute atomic E-state index is 12.5. The Morgan fingerprint density at radius 1 is 1.20 bits per heavy atom. The summed E-state index contributed by atoms with van der Waals surface area (Å²) in [5.74, 6) is 0.551. The highest BCUT2D eigenvalue weighted by Gasteiger charge is 2.34. The molecule has 2 rings (SSSR count). The maximum atomic E-state index is 12.5. The molecule has 1 aromatic rings. The van der Waals surface area contributed by atoms with Crippen molar-refractivity contribution in [3.05, 3.63) is 17.7 Å². The topological polar surface area (TPSA) is 63.2 Å². The monoisotopic (exact) mass is 317 g/mol. The molecule has 20 heavy (non-hydrogen) atoms. The minimum absolute atomic E-state index is 0.0513. The Kier molecular flexibility index (Phi) is 4.37. The Hall–Kier alpha value is -0.720. The minimum Gasteiger partial charge on any atom is -0.225 e. The molecule has 1 aromatic heterocycles. The Bertz CT molecular complexity index is 558. The van der Waals surface area contributed by atoms with Gasteiger partial charge in [0, 0.05) is 13.1 Å². The van der Waals surface area contributed by atoms with Crippen molar-refractivity contribution in [2.24, 2.45) is 11.3 Å². The standard InChI is InChI=1S/C13H20ClN3O2S/c1-13(2,3)10-4-6-17(7-5-10)20(18,19)11-8-15-12(14)16-9-11/h8-10H,4-7H2,1-3H3. The van der Waals surface area contributed by atoms with Crippen molar-refractivity contribution in [3.8, 4) is 0 Å². The van der Waals surface area contributed by atoms with Crippen LogP contribution in [0.1, 0.15) is 33.6 Å². The minimum atomic E-state index is -3.50. The molecule has 0 aliphatic carbocycles. The number of halogens is 1. The SMILES string of the molecule is CC(C)(C)C1CCN(S(=O)(=O)c2cnc(Cl)nc2)CC1. The van der Waals surface area contributed by atoms with E-state index in [0.29, 0.717) is 19.0 Å². The molecule has 7 heteroatoms. The summed E-state index contributed by atoms with van der Waals surface area (Å²) >= 11 is 5.59. The summed E-state index contributed by atoms with van der Waals surface area (Å²) in [7, 11) is -3.50. The summed E-state index contributed by atoms with van der Waals surface area (Å²) in [6, 6.07) is 0. The van der Waals surface area contributed by atoms with E-state index >= 15 is 0 Å². The number of aromatic nitrogens is 2. The first-order valence-electron chi connectivity index (χ1n) is 6.69. The summed E-state index contributed by atoms with van der Waals surface area (Å²) in [6.45, 7) is 7.71. The van der Waals surface area contributed by atoms with Gasteiger partial charge in [-0.2, -0.15) is 4.31 Å². The van der Waals surface area contributed by atoms with Gasteiger partial charge < -0.3 is 0 Å². The number of rotatable bonds is 2. The summed E-state index contributed by atoms with van der Waals surface area (Å²) in [5.41, 5.74) is 0.221. The van der Waals surface area contributed by atoms with E-state index in [4.69, 9.17) is 11.6 Å². The largest absolute Gasteiger partial charge is 0.246 e. The van der Waals surface area contributed by atoms with Crippen LogP contribution in [-0.4, -0.2) is 35.8 Å². The van der Waals surface area contributed by atoms with Gasteiger partial charge in [0.15, 0.2) is 0 Å². The van der Waals surface area contributed by atoms with Crippen LogP contribution in [0.5, 0.6) is 0 Å². The molecule has 0 amide bonds. The average Bonchev–Trinajstić information content (AvgIpc) is 2.38. The first-order valence-corrected chi connectivity index (χ1v) is 8.51. The van der Waals surface area contributed by atoms with Crippen molar-refractivity contribution in [3.63, 3.8) is 0 Å². The van der Waals surface area contributed by atoms with Crippen LogP contribution in [-0.2, 0) is 10.0 Å². The summed E-state index contributed by atoms with van der Waals surface area (Å²) in [6.07, 6.45) is 4.30. The first kappa shape index (κ1) is 15.7. The highest BCUT2D eigenvalue weighted by molar-refractivity contribution is 7.89.